The zero-order valence-electron chi connectivity index (χ0n) is 11.6. The topological polar surface area (TPSA) is 44.5 Å². The van der Waals surface area contributed by atoms with Gasteiger partial charge in [-0.05, 0) is 47.9 Å². The van der Waals surface area contributed by atoms with E-state index in [2.05, 4.69) is 12.1 Å². The Balaban J connectivity index is 2.47. The zero-order valence-corrected chi connectivity index (χ0v) is 11.6. The third-order valence-electron chi connectivity index (χ3n) is 3.20. The molecule has 0 radical (unpaired) electrons. The van der Waals surface area contributed by atoms with Crippen molar-refractivity contribution in [1.82, 2.24) is 0 Å². The molecule has 0 atom stereocenters. The van der Waals surface area contributed by atoms with E-state index in [9.17, 15) is 0 Å². The van der Waals surface area contributed by atoms with Gasteiger partial charge in [0.15, 0.2) is 0 Å². The second-order valence-corrected chi connectivity index (χ2v) is 4.42. The monoisotopic (exact) mass is 257 g/mol. The number of hydrogen-bond acceptors (Lipinski definition) is 3. The van der Waals surface area contributed by atoms with Crippen molar-refractivity contribution in [2.24, 2.45) is 5.73 Å². The smallest absolute Gasteiger partial charge is 0.126 e. The number of hydrogen-bond donors (Lipinski definition) is 1. The van der Waals surface area contributed by atoms with E-state index in [0.29, 0.717) is 6.54 Å². The lowest BCUT2D eigenvalue weighted by atomic mass is 9.99. The Morgan fingerprint density at radius 3 is 2.16 bits per heavy atom. The largest absolute Gasteiger partial charge is 0.497 e. The highest BCUT2D eigenvalue weighted by molar-refractivity contribution is 5.68. The molecule has 0 fully saturated rings. The van der Waals surface area contributed by atoms with Crippen LogP contribution in [0.15, 0.2) is 36.4 Å². The van der Waals surface area contributed by atoms with Crippen LogP contribution in [0.25, 0.3) is 11.1 Å². The first-order valence-corrected chi connectivity index (χ1v) is 6.21. The van der Waals surface area contributed by atoms with Gasteiger partial charge in [0.1, 0.15) is 11.5 Å². The van der Waals surface area contributed by atoms with Crippen molar-refractivity contribution in [1.29, 1.82) is 0 Å². The summed E-state index contributed by atoms with van der Waals surface area (Å²) in [6, 6.07) is 12.2. The standard InChI is InChI=1S/C16H19NO2/c1-11-8-13(9-14(10-17)16(11)19-3)12-4-6-15(18-2)7-5-12/h4-9H,10,17H2,1-3H3. The Kier molecular flexibility index (Phi) is 4.07. The van der Waals surface area contributed by atoms with Crippen molar-refractivity contribution in [3.63, 3.8) is 0 Å². The maximum atomic E-state index is 5.79. The molecular formula is C16H19NO2. The summed E-state index contributed by atoms with van der Waals surface area (Å²) in [5, 5.41) is 0. The molecule has 2 aromatic rings. The predicted octanol–water partition coefficient (Wildman–Crippen LogP) is 3.14. The van der Waals surface area contributed by atoms with Gasteiger partial charge in [-0.3, -0.25) is 0 Å². The minimum absolute atomic E-state index is 0.466. The molecule has 0 aliphatic heterocycles. The molecular weight excluding hydrogens is 238 g/mol. The average Bonchev–Trinajstić information content (AvgIpc) is 2.46. The Hall–Kier alpha value is -2.00. The Morgan fingerprint density at radius 2 is 1.63 bits per heavy atom. The first-order chi connectivity index (χ1) is 9.19. The number of methoxy groups -OCH3 is 2. The predicted molar refractivity (Wildman–Crippen MR) is 77.6 cm³/mol. The molecule has 0 spiro atoms. The third-order valence-corrected chi connectivity index (χ3v) is 3.20. The van der Waals surface area contributed by atoms with Gasteiger partial charge in [0.25, 0.3) is 0 Å². The van der Waals surface area contributed by atoms with Gasteiger partial charge < -0.3 is 15.2 Å². The lowest BCUT2D eigenvalue weighted by Gasteiger charge is -2.13. The van der Waals surface area contributed by atoms with E-state index < -0.39 is 0 Å². The molecule has 0 aliphatic rings. The summed E-state index contributed by atoms with van der Waals surface area (Å²) in [6.45, 7) is 2.50. The molecule has 0 bridgehead atoms. The molecule has 2 aromatic carbocycles. The molecule has 2 N–H and O–H groups in total. The summed E-state index contributed by atoms with van der Waals surface area (Å²) in [5.74, 6) is 1.73. The highest BCUT2D eigenvalue weighted by Crippen LogP contribution is 2.31. The van der Waals surface area contributed by atoms with E-state index >= 15 is 0 Å². The highest BCUT2D eigenvalue weighted by Gasteiger charge is 2.08. The Labute approximate surface area is 114 Å². The van der Waals surface area contributed by atoms with Crippen LogP contribution in [0.4, 0.5) is 0 Å². The van der Waals surface area contributed by atoms with E-state index in [1.165, 1.54) is 0 Å². The molecule has 3 heteroatoms. The molecule has 19 heavy (non-hydrogen) atoms. The van der Waals surface area contributed by atoms with Crippen LogP contribution < -0.4 is 15.2 Å². The number of ether oxygens (including phenoxy) is 2. The number of nitrogens with two attached hydrogens (primary N) is 1. The summed E-state index contributed by atoms with van der Waals surface area (Å²) >= 11 is 0. The molecule has 0 aliphatic carbocycles. The van der Waals surface area contributed by atoms with Crippen molar-refractivity contribution in [2.75, 3.05) is 14.2 Å². The molecule has 0 saturated heterocycles. The van der Waals surface area contributed by atoms with Crippen molar-refractivity contribution in [3.8, 4) is 22.6 Å². The van der Waals surface area contributed by atoms with Gasteiger partial charge in [0.2, 0.25) is 0 Å². The number of benzene rings is 2. The molecule has 0 aromatic heterocycles. The minimum Gasteiger partial charge on any atom is -0.497 e. The first-order valence-electron chi connectivity index (χ1n) is 6.21. The van der Waals surface area contributed by atoms with Crippen LogP contribution in [-0.4, -0.2) is 14.2 Å². The van der Waals surface area contributed by atoms with Crippen molar-refractivity contribution in [3.05, 3.63) is 47.5 Å². The molecule has 2 rings (SSSR count). The minimum atomic E-state index is 0.466. The Morgan fingerprint density at radius 1 is 0.947 bits per heavy atom. The highest BCUT2D eigenvalue weighted by atomic mass is 16.5. The first kappa shape index (κ1) is 13.4. The van der Waals surface area contributed by atoms with Crippen molar-refractivity contribution >= 4 is 0 Å². The Bertz CT molecular complexity index is 562. The lowest BCUT2D eigenvalue weighted by molar-refractivity contribution is 0.407. The molecule has 0 amide bonds. The second kappa shape index (κ2) is 5.76. The van der Waals surface area contributed by atoms with E-state index in [0.717, 1.165) is 33.8 Å². The van der Waals surface area contributed by atoms with Crippen LogP contribution in [0.3, 0.4) is 0 Å². The van der Waals surface area contributed by atoms with Gasteiger partial charge in [0.05, 0.1) is 14.2 Å². The third kappa shape index (κ3) is 2.71. The van der Waals surface area contributed by atoms with Crippen molar-refractivity contribution in [2.45, 2.75) is 13.5 Å². The van der Waals surface area contributed by atoms with E-state index in [1.807, 2.05) is 31.2 Å². The number of rotatable bonds is 4. The van der Waals surface area contributed by atoms with Gasteiger partial charge in [-0.2, -0.15) is 0 Å². The fraction of sp³-hybridized carbons (Fsp3) is 0.250. The van der Waals surface area contributed by atoms with E-state index in [4.69, 9.17) is 15.2 Å². The van der Waals surface area contributed by atoms with Crippen LogP contribution >= 0.6 is 0 Å². The van der Waals surface area contributed by atoms with Crippen LogP contribution in [0.2, 0.25) is 0 Å². The van der Waals surface area contributed by atoms with Crippen LogP contribution in [0.1, 0.15) is 11.1 Å². The van der Waals surface area contributed by atoms with Gasteiger partial charge in [-0.15, -0.1) is 0 Å². The van der Waals surface area contributed by atoms with Gasteiger partial charge in [-0.25, -0.2) is 0 Å². The SMILES string of the molecule is COc1ccc(-c2cc(C)c(OC)c(CN)c2)cc1. The summed E-state index contributed by atoms with van der Waals surface area (Å²) < 4.78 is 10.6. The summed E-state index contributed by atoms with van der Waals surface area (Å²) in [5.41, 5.74) is 10.2. The second-order valence-electron chi connectivity index (χ2n) is 4.42. The lowest BCUT2D eigenvalue weighted by Crippen LogP contribution is -2.02. The molecule has 0 saturated carbocycles. The summed E-state index contributed by atoms with van der Waals surface area (Å²) in [7, 11) is 3.34. The molecule has 0 heterocycles. The fourth-order valence-electron chi connectivity index (χ4n) is 2.24. The van der Waals surface area contributed by atoms with E-state index in [1.54, 1.807) is 14.2 Å². The van der Waals surface area contributed by atoms with Crippen LogP contribution in [0, 0.1) is 6.92 Å². The molecule has 3 nitrogen and oxygen atoms in total. The van der Waals surface area contributed by atoms with Crippen LogP contribution in [-0.2, 0) is 6.54 Å². The normalized spacial score (nSPS) is 10.3. The molecule has 0 unspecified atom stereocenters. The average molecular weight is 257 g/mol. The van der Waals surface area contributed by atoms with E-state index in [-0.39, 0.29) is 0 Å². The maximum absolute atomic E-state index is 5.79. The maximum Gasteiger partial charge on any atom is 0.126 e. The summed E-state index contributed by atoms with van der Waals surface area (Å²) in [4.78, 5) is 0. The number of aryl methyl sites for hydroxylation is 1. The zero-order chi connectivity index (χ0) is 13.8. The van der Waals surface area contributed by atoms with Gasteiger partial charge in [-0.1, -0.05) is 12.1 Å². The van der Waals surface area contributed by atoms with Crippen LogP contribution in [0.5, 0.6) is 11.5 Å². The summed E-state index contributed by atoms with van der Waals surface area (Å²) in [6.07, 6.45) is 0. The van der Waals surface area contributed by atoms with Gasteiger partial charge in [0, 0.05) is 12.1 Å². The quantitative estimate of drug-likeness (QED) is 0.915. The fourth-order valence-corrected chi connectivity index (χ4v) is 2.24. The van der Waals surface area contributed by atoms with Gasteiger partial charge >= 0.3 is 0 Å². The van der Waals surface area contributed by atoms with Crippen molar-refractivity contribution < 1.29 is 9.47 Å². The molecule has 100 valence electrons.